The normalized spacial score (nSPS) is 29.1. The van der Waals surface area contributed by atoms with Crippen molar-refractivity contribution in [2.75, 3.05) is 6.54 Å². The molecule has 4 heteroatoms. The van der Waals surface area contributed by atoms with Gasteiger partial charge in [-0.2, -0.15) is 0 Å². The van der Waals surface area contributed by atoms with E-state index in [1.54, 1.807) is 12.4 Å². The zero-order valence-electron chi connectivity index (χ0n) is 6.70. The van der Waals surface area contributed by atoms with Gasteiger partial charge in [0.05, 0.1) is 6.17 Å². The Morgan fingerprint density at radius 1 is 1.42 bits per heavy atom. The highest BCUT2D eigenvalue weighted by atomic mass is 15.4. The zero-order chi connectivity index (χ0) is 8.39. The third-order valence-corrected chi connectivity index (χ3v) is 2.16. The molecule has 12 heavy (non-hydrogen) atoms. The van der Waals surface area contributed by atoms with Gasteiger partial charge in [-0.05, 0) is 17.7 Å². The monoisotopic (exact) mass is 164 g/mol. The minimum atomic E-state index is 0.00685. The van der Waals surface area contributed by atoms with Gasteiger partial charge in [0.15, 0.2) is 0 Å². The molecule has 1 fully saturated rings. The molecule has 0 spiro atoms. The standard InChI is InChI=1S/C8H12N4/c9-8-7(5-11-12-8)6-1-3-10-4-2-6/h1-4,7-8,11-12H,5,9H2. The van der Waals surface area contributed by atoms with Crippen molar-refractivity contribution in [1.29, 1.82) is 0 Å². The van der Waals surface area contributed by atoms with Crippen LogP contribution in [0.2, 0.25) is 0 Å². The maximum Gasteiger partial charge on any atom is 0.0761 e. The highest BCUT2D eigenvalue weighted by molar-refractivity contribution is 5.19. The molecule has 2 rings (SSSR count). The number of pyridine rings is 1. The molecule has 1 aliphatic heterocycles. The van der Waals surface area contributed by atoms with E-state index < -0.39 is 0 Å². The van der Waals surface area contributed by atoms with E-state index in [0.717, 1.165) is 6.54 Å². The first kappa shape index (κ1) is 7.67. The van der Waals surface area contributed by atoms with E-state index >= 15 is 0 Å². The first-order chi connectivity index (χ1) is 5.88. The van der Waals surface area contributed by atoms with E-state index in [0.29, 0.717) is 5.92 Å². The second-order valence-electron chi connectivity index (χ2n) is 2.94. The van der Waals surface area contributed by atoms with Crippen LogP contribution in [0.15, 0.2) is 24.5 Å². The topological polar surface area (TPSA) is 63.0 Å². The molecule has 1 aliphatic rings. The van der Waals surface area contributed by atoms with E-state index in [-0.39, 0.29) is 6.17 Å². The molecule has 4 nitrogen and oxygen atoms in total. The zero-order valence-corrected chi connectivity index (χ0v) is 6.70. The lowest BCUT2D eigenvalue weighted by molar-refractivity contribution is 0.546. The lowest BCUT2D eigenvalue weighted by Crippen LogP contribution is -2.38. The number of hydrogen-bond acceptors (Lipinski definition) is 4. The summed E-state index contributed by atoms with van der Waals surface area (Å²) in [5.41, 5.74) is 13.0. The van der Waals surface area contributed by atoms with Crippen molar-refractivity contribution in [2.24, 2.45) is 5.73 Å². The Kier molecular flexibility index (Phi) is 2.03. The average molecular weight is 164 g/mol. The number of nitrogens with one attached hydrogen (secondary N) is 2. The summed E-state index contributed by atoms with van der Waals surface area (Å²) in [7, 11) is 0. The molecule has 2 unspecified atom stereocenters. The van der Waals surface area contributed by atoms with Crippen molar-refractivity contribution in [2.45, 2.75) is 12.1 Å². The number of nitrogens with two attached hydrogens (primary N) is 1. The van der Waals surface area contributed by atoms with Crippen LogP contribution < -0.4 is 16.6 Å². The molecular formula is C8H12N4. The average Bonchev–Trinajstić information content (AvgIpc) is 2.53. The Morgan fingerprint density at radius 2 is 2.17 bits per heavy atom. The van der Waals surface area contributed by atoms with Crippen molar-refractivity contribution in [3.05, 3.63) is 30.1 Å². The van der Waals surface area contributed by atoms with Gasteiger partial charge in [-0.15, -0.1) is 0 Å². The molecule has 2 atom stereocenters. The summed E-state index contributed by atoms with van der Waals surface area (Å²) >= 11 is 0. The summed E-state index contributed by atoms with van der Waals surface area (Å²) in [5, 5.41) is 0. The molecule has 1 aromatic rings. The summed E-state index contributed by atoms with van der Waals surface area (Å²) in [6, 6.07) is 4.00. The lowest BCUT2D eigenvalue weighted by Gasteiger charge is -2.12. The molecule has 64 valence electrons. The van der Waals surface area contributed by atoms with Crippen LogP contribution in [0.5, 0.6) is 0 Å². The highest BCUT2D eigenvalue weighted by Crippen LogP contribution is 2.17. The van der Waals surface area contributed by atoms with E-state index in [2.05, 4.69) is 15.8 Å². The molecule has 0 aliphatic carbocycles. The molecule has 0 radical (unpaired) electrons. The molecular weight excluding hydrogens is 152 g/mol. The van der Waals surface area contributed by atoms with Gasteiger partial charge in [0.25, 0.3) is 0 Å². The molecule has 0 bridgehead atoms. The fraction of sp³-hybridized carbons (Fsp3) is 0.375. The van der Waals surface area contributed by atoms with E-state index in [1.807, 2.05) is 12.1 Å². The summed E-state index contributed by atoms with van der Waals surface area (Å²) in [4.78, 5) is 3.96. The van der Waals surface area contributed by atoms with Crippen molar-refractivity contribution in [1.82, 2.24) is 15.8 Å². The van der Waals surface area contributed by atoms with Crippen molar-refractivity contribution in [3.8, 4) is 0 Å². The second-order valence-corrected chi connectivity index (χ2v) is 2.94. The van der Waals surface area contributed by atoms with Gasteiger partial charge in [-0.3, -0.25) is 10.4 Å². The third kappa shape index (κ3) is 1.32. The molecule has 2 heterocycles. The maximum atomic E-state index is 5.82. The lowest BCUT2D eigenvalue weighted by atomic mass is 9.99. The first-order valence-corrected chi connectivity index (χ1v) is 4.02. The smallest absolute Gasteiger partial charge is 0.0761 e. The highest BCUT2D eigenvalue weighted by Gasteiger charge is 2.24. The summed E-state index contributed by atoms with van der Waals surface area (Å²) in [6.45, 7) is 0.880. The molecule has 0 saturated carbocycles. The van der Waals surface area contributed by atoms with Crippen molar-refractivity contribution in [3.63, 3.8) is 0 Å². The predicted octanol–water partition coefficient (Wildman–Crippen LogP) is -0.442. The number of hydrazine groups is 1. The summed E-state index contributed by atoms with van der Waals surface area (Å²) < 4.78 is 0. The molecule has 1 saturated heterocycles. The Morgan fingerprint density at radius 3 is 2.75 bits per heavy atom. The SMILES string of the molecule is NC1NNCC1c1ccncc1. The minimum absolute atomic E-state index is 0.00685. The van der Waals surface area contributed by atoms with Gasteiger partial charge in [-0.1, -0.05) is 0 Å². The molecule has 1 aromatic heterocycles. The van der Waals surface area contributed by atoms with Crippen molar-refractivity contribution < 1.29 is 0 Å². The van der Waals surface area contributed by atoms with Crippen LogP contribution in [0.25, 0.3) is 0 Å². The second kappa shape index (κ2) is 3.18. The van der Waals surface area contributed by atoms with E-state index in [4.69, 9.17) is 5.73 Å². The van der Waals surface area contributed by atoms with E-state index in [1.165, 1.54) is 5.56 Å². The number of rotatable bonds is 1. The maximum absolute atomic E-state index is 5.82. The number of nitrogens with zero attached hydrogens (tertiary/aromatic N) is 1. The Hall–Kier alpha value is -0.970. The number of hydrogen-bond donors (Lipinski definition) is 3. The van der Waals surface area contributed by atoms with Gasteiger partial charge >= 0.3 is 0 Å². The Balaban J connectivity index is 2.19. The quantitative estimate of drug-likeness (QED) is 0.526. The first-order valence-electron chi connectivity index (χ1n) is 4.02. The van der Waals surface area contributed by atoms with Crippen LogP contribution in [0.1, 0.15) is 11.5 Å². The molecule has 0 amide bonds. The molecule has 0 aromatic carbocycles. The van der Waals surface area contributed by atoms with Gasteiger partial charge in [0.1, 0.15) is 0 Å². The predicted molar refractivity (Wildman–Crippen MR) is 46.1 cm³/mol. The van der Waals surface area contributed by atoms with Crippen LogP contribution >= 0.6 is 0 Å². The number of aromatic nitrogens is 1. The summed E-state index contributed by atoms with van der Waals surface area (Å²) in [6.07, 6.45) is 3.59. The van der Waals surface area contributed by atoms with Crippen molar-refractivity contribution >= 4 is 0 Å². The van der Waals surface area contributed by atoms with Crippen LogP contribution in [0.4, 0.5) is 0 Å². The fourth-order valence-electron chi connectivity index (χ4n) is 1.45. The van der Waals surface area contributed by atoms with Crippen LogP contribution in [-0.4, -0.2) is 17.7 Å². The largest absolute Gasteiger partial charge is 0.314 e. The minimum Gasteiger partial charge on any atom is -0.314 e. The van der Waals surface area contributed by atoms with E-state index in [9.17, 15) is 0 Å². The summed E-state index contributed by atoms with van der Waals surface area (Å²) in [5.74, 6) is 0.355. The van der Waals surface area contributed by atoms with Gasteiger partial charge in [0.2, 0.25) is 0 Å². The fourth-order valence-corrected chi connectivity index (χ4v) is 1.45. The van der Waals surface area contributed by atoms with Gasteiger partial charge in [0, 0.05) is 24.9 Å². The van der Waals surface area contributed by atoms with Gasteiger partial charge in [-0.25, -0.2) is 5.43 Å². The van der Waals surface area contributed by atoms with Crippen LogP contribution in [0, 0.1) is 0 Å². The van der Waals surface area contributed by atoms with Gasteiger partial charge < -0.3 is 5.73 Å². The Labute approximate surface area is 71.1 Å². The third-order valence-electron chi connectivity index (χ3n) is 2.16. The Bertz CT molecular complexity index is 248. The molecule has 4 N–H and O–H groups in total. The van der Waals surface area contributed by atoms with Crippen LogP contribution in [0.3, 0.4) is 0 Å². The van der Waals surface area contributed by atoms with Crippen LogP contribution in [-0.2, 0) is 0 Å².